The minimum atomic E-state index is 0.151. The van der Waals surface area contributed by atoms with Crippen molar-refractivity contribution in [1.82, 2.24) is 10.6 Å². The molecule has 124 valence electrons. The number of rotatable bonds is 8. The molecule has 0 aliphatic heterocycles. The molecule has 1 aromatic rings. The largest absolute Gasteiger partial charge is 0.491 e. The minimum absolute atomic E-state index is 0.151. The third-order valence-corrected chi connectivity index (χ3v) is 2.94. The van der Waals surface area contributed by atoms with Crippen molar-refractivity contribution >= 4 is 5.96 Å². The highest BCUT2D eigenvalue weighted by atomic mass is 16.5. The molecule has 0 aliphatic carbocycles. The molecule has 1 rings (SSSR count). The molecule has 0 saturated heterocycles. The molecule has 0 atom stereocenters. The number of benzene rings is 1. The first kappa shape index (κ1) is 18.3. The highest BCUT2D eigenvalue weighted by Crippen LogP contribution is 2.22. The van der Waals surface area contributed by atoms with Gasteiger partial charge in [-0.1, -0.05) is 12.1 Å². The van der Waals surface area contributed by atoms with Crippen LogP contribution in [0.1, 0.15) is 31.9 Å². The van der Waals surface area contributed by atoms with Crippen LogP contribution in [0.25, 0.3) is 0 Å². The van der Waals surface area contributed by atoms with E-state index in [-0.39, 0.29) is 6.10 Å². The standard InChI is InChI=1S/C17H29N3O2/c1-6-18-17(19-9-10-21-5)20-12-15-8-7-14(4)11-16(15)22-13(2)3/h7-8,11,13H,6,9-10,12H2,1-5H3,(H2,18,19,20). The number of methoxy groups -OCH3 is 1. The van der Waals surface area contributed by atoms with Crippen LogP contribution in [0.4, 0.5) is 0 Å². The quantitative estimate of drug-likeness (QED) is 0.440. The van der Waals surface area contributed by atoms with Crippen molar-refractivity contribution in [2.45, 2.75) is 40.3 Å². The van der Waals surface area contributed by atoms with Gasteiger partial charge in [0.2, 0.25) is 0 Å². The van der Waals surface area contributed by atoms with Crippen molar-refractivity contribution in [3.05, 3.63) is 29.3 Å². The van der Waals surface area contributed by atoms with Gasteiger partial charge in [-0.3, -0.25) is 0 Å². The van der Waals surface area contributed by atoms with Crippen LogP contribution in [0, 0.1) is 6.92 Å². The summed E-state index contributed by atoms with van der Waals surface area (Å²) in [6, 6.07) is 6.23. The molecule has 5 nitrogen and oxygen atoms in total. The van der Waals surface area contributed by atoms with Gasteiger partial charge in [-0.2, -0.15) is 0 Å². The van der Waals surface area contributed by atoms with E-state index in [2.05, 4.69) is 40.7 Å². The fourth-order valence-electron chi connectivity index (χ4n) is 1.93. The number of hydrogen-bond donors (Lipinski definition) is 2. The maximum absolute atomic E-state index is 5.89. The molecule has 0 aliphatic rings. The van der Waals surface area contributed by atoms with Gasteiger partial charge in [-0.25, -0.2) is 4.99 Å². The molecule has 22 heavy (non-hydrogen) atoms. The zero-order valence-electron chi connectivity index (χ0n) is 14.4. The van der Waals surface area contributed by atoms with Gasteiger partial charge in [0.1, 0.15) is 5.75 Å². The topological polar surface area (TPSA) is 54.9 Å². The van der Waals surface area contributed by atoms with E-state index in [1.807, 2.05) is 20.8 Å². The molecule has 1 aromatic carbocycles. The van der Waals surface area contributed by atoms with Crippen LogP contribution in [0.15, 0.2) is 23.2 Å². The van der Waals surface area contributed by atoms with Crippen molar-refractivity contribution in [1.29, 1.82) is 0 Å². The summed E-state index contributed by atoms with van der Waals surface area (Å²) in [7, 11) is 1.69. The molecule has 0 bridgehead atoms. The van der Waals surface area contributed by atoms with Crippen LogP contribution in [0.2, 0.25) is 0 Å². The Morgan fingerprint density at radius 3 is 2.68 bits per heavy atom. The summed E-state index contributed by atoms with van der Waals surface area (Å²) in [4.78, 5) is 4.61. The van der Waals surface area contributed by atoms with Gasteiger partial charge in [0, 0.05) is 25.8 Å². The molecule has 0 unspecified atom stereocenters. The lowest BCUT2D eigenvalue weighted by Crippen LogP contribution is -2.38. The van der Waals surface area contributed by atoms with Gasteiger partial charge in [-0.05, 0) is 39.3 Å². The van der Waals surface area contributed by atoms with E-state index >= 15 is 0 Å². The van der Waals surface area contributed by atoms with Crippen molar-refractivity contribution in [3.63, 3.8) is 0 Å². The van der Waals surface area contributed by atoms with Crippen LogP contribution < -0.4 is 15.4 Å². The molecule has 0 saturated carbocycles. The first-order valence-electron chi connectivity index (χ1n) is 7.84. The van der Waals surface area contributed by atoms with Crippen LogP contribution in [0.5, 0.6) is 5.75 Å². The first-order chi connectivity index (χ1) is 10.6. The van der Waals surface area contributed by atoms with E-state index < -0.39 is 0 Å². The molecule has 0 fully saturated rings. The van der Waals surface area contributed by atoms with Crippen molar-refractivity contribution in [2.75, 3.05) is 26.8 Å². The van der Waals surface area contributed by atoms with Crippen molar-refractivity contribution in [2.24, 2.45) is 4.99 Å². The average molecular weight is 307 g/mol. The molecule has 2 N–H and O–H groups in total. The maximum Gasteiger partial charge on any atom is 0.191 e. The second kappa shape index (κ2) is 10.1. The first-order valence-corrected chi connectivity index (χ1v) is 7.84. The Labute approximate surface area is 134 Å². The summed E-state index contributed by atoms with van der Waals surface area (Å²) in [5.74, 6) is 1.70. The SMILES string of the molecule is CCNC(=NCc1ccc(C)cc1OC(C)C)NCCOC. The average Bonchev–Trinajstić information content (AvgIpc) is 2.46. The zero-order chi connectivity index (χ0) is 16.4. The summed E-state index contributed by atoms with van der Waals surface area (Å²) in [6.07, 6.45) is 0.151. The Kier molecular flexibility index (Phi) is 8.36. The predicted octanol–water partition coefficient (Wildman–Crippen LogP) is 2.48. The van der Waals surface area contributed by atoms with Crippen LogP contribution in [-0.4, -0.2) is 38.9 Å². The van der Waals surface area contributed by atoms with Crippen LogP contribution in [-0.2, 0) is 11.3 Å². The zero-order valence-corrected chi connectivity index (χ0v) is 14.4. The molecule has 0 heterocycles. The number of hydrogen-bond acceptors (Lipinski definition) is 3. The molecular formula is C17H29N3O2. The summed E-state index contributed by atoms with van der Waals surface area (Å²) in [5, 5.41) is 6.46. The van der Waals surface area contributed by atoms with Gasteiger partial charge in [-0.15, -0.1) is 0 Å². The molecule has 0 aromatic heterocycles. The highest BCUT2D eigenvalue weighted by Gasteiger charge is 2.06. The van der Waals surface area contributed by atoms with Crippen molar-refractivity contribution in [3.8, 4) is 5.75 Å². The van der Waals surface area contributed by atoms with Gasteiger partial charge in [0.05, 0.1) is 19.3 Å². The highest BCUT2D eigenvalue weighted by molar-refractivity contribution is 5.79. The van der Waals surface area contributed by atoms with Gasteiger partial charge >= 0.3 is 0 Å². The summed E-state index contributed by atoms with van der Waals surface area (Å²) in [6.45, 7) is 11.0. The number of guanidine groups is 1. The lowest BCUT2D eigenvalue weighted by atomic mass is 10.1. The Balaban J connectivity index is 2.79. The number of nitrogens with one attached hydrogen (secondary N) is 2. The van der Waals surface area contributed by atoms with E-state index in [0.717, 1.165) is 30.4 Å². The van der Waals surface area contributed by atoms with Gasteiger partial charge < -0.3 is 20.1 Å². The summed E-state index contributed by atoms with van der Waals surface area (Å²) < 4.78 is 10.9. The van der Waals surface area contributed by atoms with E-state index in [4.69, 9.17) is 9.47 Å². The fraction of sp³-hybridized carbons (Fsp3) is 0.588. The summed E-state index contributed by atoms with van der Waals surface area (Å²) in [5.41, 5.74) is 2.27. The predicted molar refractivity (Wildman–Crippen MR) is 91.6 cm³/mol. The molecular weight excluding hydrogens is 278 g/mol. The van der Waals surface area contributed by atoms with E-state index in [1.54, 1.807) is 7.11 Å². The smallest absolute Gasteiger partial charge is 0.191 e. The van der Waals surface area contributed by atoms with E-state index in [9.17, 15) is 0 Å². The number of aliphatic imine (C=N–C) groups is 1. The van der Waals surface area contributed by atoms with E-state index in [0.29, 0.717) is 13.2 Å². The normalized spacial score (nSPS) is 11.6. The van der Waals surface area contributed by atoms with Crippen LogP contribution >= 0.6 is 0 Å². The fourth-order valence-corrected chi connectivity index (χ4v) is 1.93. The second-order valence-electron chi connectivity index (χ2n) is 5.39. The second-order valence-corrected chi connectivity index (χ2v) is 5.39. The molecule has 5 heteroatoms. The lowest BCUT2D eigenvalue weighted by molar-refractivity contribution is 0.203. The number of ether oxygens (including phenoxy) is 2. The minimum Gasteiger partial charge on any atom is -0.491 e. The maximum atomic E-state index is 5.89. The Bertz CT molecular complexity index is 473. The third-order valence-electron chi connectivity index (χ3n) is 2.94. The third kappa shape index (κ3) is 6.80. The van der Waals surface area contributed by atoms with Crippen molar-refractivity contribution < 1.29 is 9.47 Å². The van der Waals surface area contributed by atoms with E-state index in [1.165, 1.54) is 5.56 Å². The molecule has 0 spiro atoms. The monoisotopic (exact) mass is 307 g/mol. The Hall–Kier alpha value is -1.75. The Morgan fingerprint density at radius 2 is 2.05 bits per heavy atom. The van der Waals surface area contributed by atoms with Gasteiger partial charge in [0.25, 0.3) is 0 Å². The molecule has 0 radical (unpaired) electrons. The number of nitrogens with zero attached hydrogens (tertiary/aromatic N) is 1. The summed E-state index contributed by atoms with van der Waals surface area (Å²) >= 11 is 0. The van der Waals surface area contributed by atoms with Crippen LogP contribution in [0.3, 0.4) is 0 Å². The van der Waals surface area contributed by atoms with Gasteiger partial charge in [0.15, 0.2) is 5.96 Å². The molecule has 0 amide bonds. The Morgan fingerprint density at radius 1 is 1.27 bits per heavy atom. The lowest BCUT2D eigenvalue weighted by Gasteiger charge is -2.15. The number of aryl methyl sites for hydroxylation is 1.